The standard InChI is InChI=1S/C30H33ClF5N4O12PS/c31-24-19(9-37)21(38-17-3-16(32)4-17)18-1-2-40(25(18)39-24)26-23(42)22(41)20(52-26)10-54(46,47)13-53(45,50-11-48-27(43)14-5-29(33,34)6-14)51-12-49-28(44)15-7-30(35,36)8-15/h1-2,14-17,20,22-23,26,41-42H,3-8,10-13H2,(H,38,39)/t16?,17?,20-,22-,23-,26-/m1/s1. The molecule has 0 bridgehead atoms. The van der Waals surface area contributed by atoms with Gasteiger partial charge in [0, 0.05) is 43.3 Å². The van der Waals surface area contributed by atoms with Gasteiger partial charge in [0.25, 0.3) is 0 Å². The van der Waals surface area contributed by atoms with Crippen LogP contribution in [0, 0.1) is 23.2 Å². The molecule has 6 rings (SSSR count). The van der Waals surface area contributed by atoms with E-state index in [2.05, 4.69) is 10.3 Å². The number of aromatic nitrogens is 2. The molecule has 3 aliphatic carbocycles. The molecule has 54 heavy (non-hydrogen) atoms. The largest absolute Gasteiger partial charge is 0.438 e. The van der Waals surface area contributed by atoms with Gasteiger partial charge in [0.1, 0.15) is 41.8 Å². The van der Waals surface area contributed by atoms with E-state index >= 15 is 0 Å². The lowest BCUT2D eigenvalue weighted by atomic mass is 9.81. The molecule has 3 N–H and O–H groups in total. The van der Waals surface area contributed by atoms with Crippen molar-refractivity contribution in [3.63, 3.8) is 0 Å². The van der Waals surface area contributed by atoms with Crippen molar-refractivity contribution in [3.05, 3.63) is 23.0 Å². The highest BCUT2D eigenvalue weighted by Crippen LogP contribution is 2.51. The first-order chi connectivity index (χ1) is 25.2. The van der Waals surface area contributed by atoms with Gasteiger partial charge in [0.05, 0.1) is 23.3 Å². The molecule has 4 aliphatic rings. The lowest BCUT2D eigenvalue weighted by Crippen LogP contribution is -2.41. The van der Waals surface area contributed by atoms with Gasteiger partial charge in [-0.3, -0.25) is 23.2 Å². The van der Waals surface area contributed by atoms with Crippen molar-refractivity contribution in [2.24, 2.45) is 11.8 Å². The number of nitrogens with zero attached hydrogens (tertiary/aromatic N) is 3. The highest BCUT2D eigenvalue weighted by molar-refractivity contribution is 7.97. The van der Waals surface area contributed by atoms with Crippen molar-refractivity contribution in [1.82, 2.24) is 9.55 Å². The summed E-state index contributed by atoms with van der Waals surface area (Å²) < 4.78 is 133. The molecule has 0 aromatic carbocycles. The number of fused-ring (bicyclic) bond motifs is 1. The Morgan fingerprint density at radius 1 is 1.06 bits per heavy atom. The third-order valence-corrected chi connectivity index (χ3v) is 14.4. The van der Waals surface area contributed by atoms with Crippen LogP contribution in [0.25, 0.3) is 11.0 Å². The minimum atomic E-state index is -4.99. The fourth-order valence-electron chi connectivity index (χ4n) is 6.44. The van der Waals surface area contributed by atoms with E-state index in [0.29, 0.717) is 5.39 Å². The Kier molecular flexibility index (Phi) is 11.3. The van der Waals surface area contributed by atoms with Crippen molar-refractivity contribution < 1.29 is 78.0 Å². The average molecular weight is 835 g/mol. The van der Waals surface area contributed by atoms with Crippen LogP contribution >= 0.6 is 19.2 Å². The first-order valence-electron chi connectivity index (χ1n) is 16.4. The number of aliphatic hydroxyl groups is 2. The molecular formula is C30H33ClF5N4O12PS. The number of aliphatic hydroxyl groups excluding tert-OH is 2. The first-order valence-corrected chi connectivity index (χ1v) is 20.3. The predicted molar refractivity (Wildman–Crippen MR) is 173 cm³/mol. The van der Waals surface area contributed by atoms with Crippen LogP contribution in [0.1, 0.15) is 50.3 Å². The molecule has 24 heteroatoms. The zero-order chi connectivity index (χ0) is 39.4. The van der Waals surface area contributed by atoms with E-state index in [0.717, 1.165) is 0 Å². The van der Waals surface area contributed by atoms with Crippen LogP contribution in [0.4, 0.5) is 27.6 Å². The van der Waals surface area contributed by atoms with Crippen molar-refractivity contribution >= 4 is 57.7 Å². The number of carbonyl (C=O) groups excluding carboxylic acids is 2. The number of ether oxygens (including phenoxy) is 3. The molecule has 298 valence electrons. The number of nitriles is 1. The summed E-state index contributed by atoms with van der Waals surface area (Å²) in [6.07, 6.45) is -9.40. The van der Waals surface area contributed by atoms with Gasteiger partial charge in [-0.2, -0.15) is 5.26 Å². The number of rotatable bonds is 15. The summed E-state index contributed by atoms with van der Waals surface area (Å²) in [6, 6.07) is 3.11. The maximum atomic E-state index is 13.6. The van der Waals surface area contributed by atoms with E-state index < -0.39 is 134 Å². The molecule has 2 aromatic rings. The van der Waals surface area contributed by atoms with Gasteiger partial charge in [-0.15, -0.1) is 0 Å². The summed E-state index contributed by atoms with van der Waals surface area (Å²) in [5, 5.41) is 34.6. The van der Waals surface area contributed by atoms with Gasteiger partial charge in [0.15, 0.2) is 26.7 Å². The summed E-state index contributed by atoms with van der Waals surface area (Å²) >= 11 is 6.28. The van der Waals surface area contributed by atoms with Crippen molar-refractivity contribution in [3.8, 4) is 6.07 Å². The van der Waals surface area contributed by atoms with Crippen LogP contribution < -0.4 is 5.32 Å². The number of sulfone groups is 1. The minimum absolute atomic E-state index is 0.0336. The SMILES string of the molecule is N#Cc1c(Cl)nc2c(ccn2[C@@H]2O[C@H](CS(=O)(=O)CP(=O)(OCOC(=O)C3CC(F)(F)C3)OCOC(=O)C3CC(F)(F)C3)[C@@H](O)[C@H]2O)c1NC1CC(F)C1. The normalized spacial score (nSPS) is 28.1. The molecule has 3 saturated carbocycles. The fourth-order valence-corrected chi connectivity index (χ4v) is 10.9. The molecule has 16 nitrogen and oxygen atoms in total. The molecule has 0 amide bonds. The molecule has 0 unspecified atom stereocenters. The molecule has 4 fully saturated rings. The number of esters is 2. The monoisotopic (exact) mass is 834 g/mol. The third-order valence-electron chi connectivity index (χ3n) is 9.49. The highest BCUT2D eigenvalue weighted by Gasteiger charge is 2.51. The topological polar surface area (TPSA) is 226 Å². The molecule has 1 saturated heterocycles. The average Bonchev–Trinajstić information content (AvgIpc) is 3.56. The van der Waals surface area contributed by atoms with Gasteiger partial charge >= 0.3 is 19.5 Å². The Balaban J connectivity index is 1.13. The van der Waals surface area contributed by atoms with Crippen LogP contribution in [0.5, 0.6) is 0 Å². The number of halogens is 6. The number of carbonyl (C=O) groups is 2. The van der Waals surface area contributed by atoms with Crippen LogP contribution in [0.2, 0.25) is 5.15 Å². The zero-order valence-electron chi connectivity index (χ0n) is 27.8. The molecule has 0 spiro atoms. The van der Waals surface area contributed by atoms with Crippen molar-refractivity contribution in [2.75, 3.05) is 30.1 Å². The minimum Gasteiger partial charge on any atom is -0.438 e. The smallest absolute Gasteiger partial charge is 0.351 e. The second-order valence-electron chi connectivity index (χ2n) is 13.7. The Labute approximate surface area is 308 Å². The van der Waals surface area contributed by atoms with Gasteiger partial charge < -0.3 is 34.3 Å². The van der Waals surface area contributed by atoms with Crippen molar-refractivity contribution in [1.29, 1.82) is 5.26 Å². The van der Waals surface area contributed by atoms with E-state index in [1.54, 1.807) is 0 Å². The maximum Gasteiger partial charge on any atom is 0.351 e. The Hall–Kier alpha value is -3.16. The van der Waals surface area contributed by atoms with Gasteiger partial charge in [-0.25, -0.2) is 35.4 Å². The molecule has 1 aliphatic heterocycles. The molecule has 4 atom stereocenters. The Morgan fingerprint density at radius 2 is 1.61 bits per heavy atom. The predicted octanol–water partition coefficient (Wildman–Crippen LogP) is 3.78. The van der Waals surface area contributed by atoms with Crippen LogP contribution in [-0.2, 0) is 47.2 Å². The number of nitrogens with one attached hydrogen (secondary N) is 1. The second-order valence-corrected chi connectivity index (χ2v) is 18.6. The molecule has 2 aromatic heterocycles. The summed E-state index contributed by atoms with van der Waals surface area (Å²) in [5.41, 5.74) is -1.27. The van der Waals surface area contributed by atoms with E-state index in [4.69, 9.17) is 34.9 Å². The van der Waals surface area contributed by atoms with E-state index in [1.165, 1.54) is 16.8 Å². The highest BCUT2D eigenvalue weighted by atomic mass is 35.5. The number of hydrogen-bond donors (Lipinski definition) is 3. The van der Waals surface area contributed by atoms with E-state index in [1.807, 2.05) is 6.07 Å². The van der Waals surface area contributed by atoms with E-state index in [-0.39, 0.29) is 40.9 Å². The van der Waals surface area contributed by atoms with Gasteiger partial charge in [-0.1, -0.05) is 11.6 Å². The summed E-state index contributed by atoms with van der Waals surface area (Å²) in [6.45, 7) is -2.48. The van der Waals surface area contributed by atoms with Crippen LogP contribution in [-0.4, -0.2) is 107 Å². The molecule has 3 heterocycles. The van der Waals surface area contributed by atoms with Gasteiger partial charge in [0.2, 0.25) is 25.4 Å². The quantitative estimate of drug-likeness (QED) is 0.0763. The van der Waals surface area contributed by atoms with Crippen LogP contribution in [0.3, 0.4) is 0 Å². The fraction of sp³-hybridized carbons (Fsp3) is 0.667. The lowest BCUT2D eigenvalue weighted by molar-refractivity contribution is -0.179. The molecular weight excluding hydrogens is 802 g/mol. The summed E-state index contributed by atoms with van der Waals surface area (Å²) in [7, 11) is -9.70. The first kappa shape index (κ1) is 40.5. The Morgan fingerprint density at radius 3 is 2.11 bits per heavy atom. The third kappa shape index (κ3) is 8.78. The number of alkyl halides is 5. The number of pyridine rings is 1. The number of hydrogen-bond acceptors (Lipinski definition) is 15. The maximum absolute atomic E-state index is 13.6. The second kappa shape index (κ2) is 15.1. The summed E-state index contributed by atoms with van der Waals surface area (Å²) in [4.78, 5) is 28.4. The zero-order valence-corrected chi connectivity index (χ0v) is 30.3. The van der Waals surface area contributed by atoms with E-state index in [9.17, 15) is 60.0 Å². The number of anilines is 1. The summed E-state index contributed by atoms with van der Waals surface area (Å²) in [5.74, 6) is -12.0. The lowest BCUT2D eigenvalue weighted by Gasteiger charge is -2.33. The van der Waals surface area contributed by atoms with Crippen LogP contribution in [0.15, 0.2) is 12.3 Å². The molecule has 0 radical (unpaired) electrons. The Bertz CT molecular complexity index is 1940. The van der Waals surface area contributed by atoms with Crippen molar-refractivity contribution in [2.45, 2.75) is 87.1 Å². The van der Waals surface area contributed by atoms with Gasteiger partial charge in [-0.05, 0) is 18.9 Å².